The number of carbonyl (C=O) groups is 1. The number of ether oxygens (including phenoxy) is 2. The van der Waals surface area contributed by atoms with E-state index in [2.05, 4.69) is 20.0 Å². The van der Waals surface area contributed by atoms with Crippen LogP contribution in [0.1, 0.15) is 0 Å². The number of hydrogen-bond donors (Lipinski definition) is 2. The summed E-state index contributed by atoms with van der Waals surface area (Å²) in [7, 11) is 1.30. The number of amides is 1. The minimum absolute atomic E-state index is 0.323. The summed E-state index contributed by atoms with van der Waals surface area (Å²) in [6.45, 7) is 0. The lowest BCUT2D eigenvalue weighted by atomic mass is 10.1. The number of nitrogens with zero attached hydrogens (tertiary/aromatic N) is 1. The van der Waals surface area contributed by atoms with Crippen molar-refractivity contribution in [1.29, 1.82) is 0 Å². The van der Waals surface area contributed by atoms with Crippen LogP contribution < -0.4 is 10.1 Å². The third-order valence-electron chi connectivity index (χ3n) is 3.84. The molecule has 0 fully saturated rings. The number of H-pyrrole nitrogens is 1. The van der Waals surface area contributed by atoms with Crippen LogP contribution in [0.4, 0.5) is 10.7 Å². The van der Waals surface area contributed by atoms with Crippen LogP contribution in [0, 0.1) is 0 Å². The van der Waals surface area contributed by atoms with Crippen LogP contribution in [0.5, 0.6) is 11.5 Å². The molecule has 0 spiro atoms. The van der Waals surface area contributed by atoms with Gasteiger partial charge in [0.05, 0.1) is 18.1 Å². The van der Waals surface area contributed by atoms with Crippen molar-refractivity contribution >= 4 is 33.8 Å². The SMILES string of the molecule is COC(=O)Nc1nc2ccc(Oc3cccc4ccccc34)cc2[nH]1. The number of rotatable bonds is 3. The minimum atomic E-state index is -0.578. The Morgan fingerprint density at radius 1 is 1.08 bits per heavy atom. The lowest BCUT2D eigenvalue weighted by Crippen LogP contribution is -2.11. The van der Waals surface area contributed by atoms with E-state index in [1.165, 1.54) is 7.11 Å². The molecule has 1 heterocycles. The fourth-order valence-electron chi connectivity index (χ4n) is 2.67. The van der Waals surface area contributed by atoms with Crippen molar-refractivity contribution in [2.45, 2.75) is 0 Å². The van der Waals surface area contributed by atoms with Gasteiger partial charge < -0.3 is 14.5 Å². The lowest BCUT2D eigenvalue weighted by molar-refractivity contribution is 0.186. The first kappa shape index (κ1) is 15.0. The maximum Gasteiger partial charge on any atom is 0.413 e. The molecule has 0 bridgehead atoms. The number of fused-ring (bicyclic) bond motifs is 2. The van der Waals surface area contributed by atoms with E-state index in [-0.39, 0.29) is 0 Å². The summed E-state index contributed by atoms with van der Waals surface area (Å²) in [5.41, 5.74) is 1.47. The average Bonchev–Trinajstić information content (AvgIpc) is 3.03. The number of methoxy groups -OCH3 is 1. The molecule has 1 amide bonds. The highest BCUT2D eigenvalue weighted by atomic mass is 16.5. The summed E-state index contributed by atoms with van der Waals surface area (Å²) in [4.78, 5) is 18.6. The summed E-state index contributed by atoms with van der Waals surface area (Å²) in [6.07, 6.45) is -0.578. The van der Waals surface area contributed by atoms with Gasteiger partial charge in [0.2, 0.25) is 5.95 Å². The van der Waals surface area contributed by atoms with Crippen LogP contribution >= 0.6 is 0 Å². The molecule has 3 aromatic carbocycles. The van der Waals surface area contributed by atoms with Crippen molar-refractivity contribution in [3.8, 4) is 11.5 Å². The molecule has 1 aromatic heterocycles. The van der Waals surface area contributed by atoms with Gasteiger partial charge in [-0.25, -0.2) is 9.78 Å². The van der Waals surface area contributed by atoms with Crippen molar-refractivity contribution < 1.29 is 14.3 Å². The number of nitrogens with one attached hydrogen (secondary N) is 2. The molecule has 0 aliphatic rings. The van der Waals surface area contributed by atoms with Gasteiger partial charge in [0.15, 0.2) is 0 Å². The number of anilines is 1. The Bertz CT molecular complexity index is 1070. The Kier molecular flexibility index (Phi) is 3.70. The number of hydrogen-bond acceptors (Lipinski definition) is 4. The Morgan fingerprint density at radius 2 is 1.92 bits per heavy atom. The van der Waals surface area contributed by atoms with Crippen molar-refractivity contribution in [3.05, 3.63) is 60.7 Å². The number of aromatic amines is 1. The smallest absolute Gasteiger partial charge is 0.413 e. The molecule has 6 heteroatoms. The van der Waals surface area contributed by atoms with Crippen molar-refractivity contribution in [2.24, 2.45) is 0 Å². The van der Waals surface area contributed by atoms with E-state index in [9.17, 15) is 4.79 Å². The topological polar surface area (TPSA) is 76.2 Å². The van der Waals surface area contributed by atoms with Gasteiger partial charge >= 0.3 is 6.09 Å². The Labute approximate surface area is 143 Å². The van der Waals surface area contributed by atoms with Crippen molar-refractivity contribution in [1.82, 2.24) is 9.97 Å². The van der Waals surface area contributed by atoms with Crippen LogP contribution in [0.3, 0.4) is 0 Å². The maximum absolute atomic E-state index is 11.3. The van der Waals surface area contributed by atoms with Gasteiger partial charge in [-0.05, 0) is 23.6 Å². The first-order valence-corrected chi connectivity index (χ1v) is 7.73. The van der Waals surface area contributed by atoms with Crippen molar-refractivity contribution in [2.75, 3.05) is 12.4 Å². The zero-order valence-electron chi connectivity index (χ0n) is 13.4. The molecule has 0 saturated carbocycles. The van der Waals surface area contributed by atoms with Gasteiger partial charge in [-0.15, -0.1) is 0 Å². The second kappa shape index (κ2) is 6.16. The minimum Gasteiger partial charge on any atom is -0.457 e. The summed E-state index contributed by atoms with van der Waals surface area (Å²) in [5.74, 6) is 1.78. The highest BCUT2D eigenvalue weighted by Crippen LogP contribution is 2.31. The monoisotopic (exact) mass is 333 g/mol. The van der Waals surface area contributed by atoms with Gasteiger partial charge in [0, 0.05) is 11.5 Å². The molecule has 6 nitrogen and oxygen atoms in total. The molecular weight excluding hydrogens is 318 g/mol. The molecule has 4 aromatic rings. The van der Waals surface area contributed by atoms with Crippen LogP contribution in [0.25, 0.3) is 21.8 Å². The number of benzene rings is 3. The van der Waals surface area contributed by atoms with E-state index in [0.717, 1.165) is 27.6 Å². The van der Waals surface area contributed by atoms with Crippen LogP contribution in [-0.2, 0) is 4.74 Å². The first-order valence-electron chi connectivity index (χ1n) is 7.73. The molecular formula is C19H15N3O3. The molecule has 0 atom stereocenters. The Morgan fingerprint density at radius 3 is 2.80 bits per heavy atom. The fourth-order valence-corrected chi connectivity index (χ4v) is 2.67. The largest absolute Gasteiger partial charge is 0.457 e. The second-order valence-electron chi connectivity index (χ2n) is 5.46. The van der Waals surface area contributed by atoms with E-state index in [0.29, 0.717) is 11.7 Å². The predicted molar refractivity (Wildman–Crippen MR) is 96.1 cm³/mol. The highest BCUT2D eigenvalue weighted by molar-refractivity contribution is 5.89. The van der Waals surface area contributed by atoms with Crippen LogP contribution in [0.2, 0.25) is 0 Å². The molecule has 4 rings (SSSR count). The average molecular weight is 333 g/mol. The standard InChI is InChI=1S/C19H15N3O3/c1-24-19(23)22-18-20-15-10-9-13(11-16(15)21-18)25-17-8-4-6-12-5-2-3-7-14(12)17/h2-11H,1H3,(H2,20,21,22,23). The van der Waals surface area contributed by atoms with E-state index in [1.807, 2.05) is 60.7 Å². The third kappa shape index (κ3) is 2.97. The summed E-state index contributed by atoms with van der Waals surface area (Å²) < 4.78 is 10.6. The van der Waals surface area contributed by atoms with E-state index in [4.69, 9.17) is 4.74 Å². The third-order valence-corrected chi connectivity index (χ3v) is 3.84. The van der Waals surface area contributed by atoms with Gasteiger partial charge in [-0.2, -0.15) is 0 Å². The van der Waals surface area contributed by atoms with Gasteiger partial charge in [-0.3, -0.25) is 5.32 Å². The number of imidazole rings is 1. The zero-order valence-corrected chi connectivity index (χ0v) is 13.4. The first-order chi connectivity index (χ1) is 12.2. The Balaban J connectivity index is 1.66. The zero-order chi connectivity index (χ0) is 17.2. The predicted octanol–water partition coefficient (Wildman–Crippen LogP) is 4.69. The van der Waals surface area contributed by atoms with Gasteiger partial charge in [-0.1, -0.05) is 36.4 Å². The normalized spacial score (nSPS) is 10.8. The van der Waals surface area contributed by atoms with Gasteiger partial charge in [0.25, 0.3) is 0 Å². The second-order valence-corrected chi connectivity index (χ2v) is 5.46. The molecule has 0 saturated heterocycles. The highest BCUT2D eigenvalue weighted by Gasteiger charge is 2.09. The van der Waals surface area contributed by atoms with Crippen LogP contribution in [-0.4, -0.2) is 23.2 Å². The van der Waals surface area contributed by atoms with E-state index >= 15 is 0 Å². The van der Waals surface area contributed by atoms with Crippen molar-refractivity contribution in [3.63, 3.8) is 0 Å². The molecule has 124 valence electrons. The molecule has 0 aliphatic heterocycles. The molecule has 0 aliphatic carbocycles. The fraction of sp³-hybridized carbons (Fsp3) is 0.0526. The number of carbonyl (C=O) groups excluding carboxylic acids is 1. The molecule has 2 N–H and O–H groups in total. The van der Waals surface area contributed by atoms with Crippen LogP contribution in [0.15, 0.2) is 60.7 Å². The summed E-state index contributed by atoms with van der Waals surface area (Å²) in [5, 5.41) is 4.67. The van der Waals surface area contributed by atoms with Gasteiger partial charge in [0.1, 0.15) is 11.5 Å². The Hall–Kier alpha value is -3.54. The number of aromatic nitrogens is 2. The van der Waals surface area contributed by atoms with E-state index < -0.39 is 6.09 Å². The molecule has 25 heavy (non-hydrogen) atoms. The quantitative estimate of drug-likeness (QED) is 0.570. The summed E-state index contributed by atoms with van der Waals surface area (Å²) >= 11 is 0. The lowest BCUT2D eigenvalue weighted by Gasteiger charge is -2.08. The summed E-state index contributed by atoms with van der Waals surface area (Å²) in [6, 6.07) is 19.5. The molecule has 0 unspecified atom stereocenters. The van der Waals surface area contributed by atoms with E-state index in [1.54, 1.807) is 0 Å². The maximum atomic E-state index is 11.3. The molecule has 0 radical (unpaired) electrons.